The number of hydrogen-bond donors (Lipinski definition) is 4. The minimum Gasteiger partial charge on any atom is -0.478 e. The van der Waals surface area contributed by atoms with Gasteiger partial charge in [-0.25, -0.2) is 9.69 Å². The largest absolute Gasteiger partial charge is 0.478 e. The Morgan fingerprint density at radius 3 is 2.63 bits per heavy atom. The summed E-state index contributed by atoms with van der Waals surface area (Å²) in [6.45, 7) is 2.22. The molecule has 0 radical (unpaired) electrons. The predicted molar refractivity (Wildman–Crippen MR) is 138 cm³/mol. The number of rotatable bonds is 9. The number of likely N-dealkylation sites (tertiary alicyclic amines) is 1. The van der Waals surface area contributed by atoms with Gasteiger partial charge in [0.05, 0.1) is 11.6 Å². The van der Waals surface area contributed by atoms with E-state index in [4.69, 9.17) is 14.3 Å². The van der Waals surface area contributed by atoms with Crippen molar-refractivity contribution in [3.05, 3.63) is 83.4 Å². The minimum absolute atomic E-state index is 0.0369. The highest BCUT2D eigenvalue weighted by molar-refractivity contribution is 5.88. The molecule has 2 heterocycles. The number of carboxylic acid groups (broad SMARTS) is 1. The Morgan fingerprint density at radius 1 is 1.13 bits per heavy atom. The fraction of sp³-hybridized carbons (Fsp3) is 0.250. The summed E-state index contributed by atoms with van der Waals surface area (Å²) in [5, 5.41) is 33.6. The summed E-state index contributed by atoms with van der Waals surface area (Å²) in [4.78, 5) is 29.9. The number of ketones is 1. The Balaban J connectivity index is 1.27. The number of aliphatic hydroxyl groups is 2. The Bertz CT molecular complexity index is 1480. The molecule has 0 amide bonds. The van der Waals surface area contributed by atoms with E-state index in [1.165, 1.54) is 29.2 Å². The van der Waals surface area contributed by atoms with E-state index in [1.807, 2.05) is 31.2 Å². The molecule has 0 bridgehead atoms. The van der Waals surface area contributed by atoms with Gasteiger partial charge in [-0.1, -0.05) is 24.3 Å². The lowest BCUT2D eigenvalue weighted by atomic mass is 10.0. The number of benzene rings is 3. The van der Waals surface area contributed by atoms with Crippen LogP contribution in [-0.4, -0.2) is 55.6 Å². The van der Waals surface area contributed by atoms with Gasteiger partial charge in [0.2, 0.25) is 0 Å². The number of para-hydroxylation sites is 1. The Kier molecular flexibility index (Phi) is 6.85. The van der Waals surface area contributed by atoms with Gasteiger partial charge in [0.1, 0.15) is 11.3 Å². The predicted octanol–water partition coefficient (Wildman–Crippen LogP) is 3.83. The third kappa shape index (κ3) is 5.37. The number of aromatic carboxylic acids is 1. The Hall–Kier alpha value is -4.25. The third-order valence-electron chi connectivity index (χ3n) is 6.57. The van der Waals surface area contributed by atoms with Crippen LogP contribution in [0.3, 0.4) is 0 Å². The number of hydrogen-bond acceptors (Lipinski definition) is 9. The molecule has 0 spiro atoms. The second-order valence-electron chi connectivity index (χ2n) is 9.26. The number of nitrogens with one attached hydrogen (secondary N) is 1. The molecular formula is C28H27N3O7. The van der Waals surface area contributed by atoms with Gasteiger partial charge in [-0.05, 0) is 73.4 Å². The third-order valence-corrected chi connectivity index (χ3v) is 6.57. The number of Topliss-reactive ketones (excluding diaryl/α,β-unsaturated/α-hetero) is 1. The highest BCUT2D eigenvalue weighted by Gasteiger charge is 2.45. The fourth-order valence-corrected chi connectivity index (χ4v) is 4.61. The molecule has 1 unspecified atom stereocenters. The summed E-state index contributed by atoms with van der Waals surface area (Å²) in [5.41, 5.74) is 3.85. The topological polar surface area (TPSA) is 145 Å². The van der Waals surface area contributed by atoms with Crippen LogP contribution in [-0.2, 0) is 11.2 Å². The summed E-state index contributed by atoms with van der Waals surface area (Å²) in [7, 11) is 0. The number of fused-ring (bicyclic) bond motifs is 1. The van der Waals surface area contributed by atoms with E-state index in [0.29, 0.717) is 35.5 Å². The normalized spacial score (nSPS) is 16.0. The molecule has 4 aromatic rings. The van der Waals surface area contributed by atoms with Crippen LogP contribution in [0.15, 0.2) is 71.1 Å². The van der Waals surface area contributed by atoms with Crippen LogP contribution in [0, 0.1) is 6.92 Å². The van der Waals surface area contributed by atoms with Crippen molar-refractivity contribution in [1.82, 2.24) is 9.88 Å². The number of ether oxygens (including phenoxy) is 1. The summed E-state index contributed by atoms with van der Waals surface area (Å²) >= 11 is 0. The Labute approximate surface area is 218 Å². The molecule has 5 rings (SSSR count). The molecule has 1 saturated heterocycles. The summed E-state index contributed by atoms with van der Waals surface area (Å²) < 4.78 is 11.2. The standard InChI is InChI=1S/C28H27N3O7/c1-17-5-2-3-6-21(17)29-27-30-22-13-8-18(16-25(22)37-27)15-24(32)23-7-4-14-31(23)28(35,36)38-20-11-9-19(10-12-20)26(33)34/h2-3,5-6,8-13,16,23,35-36H,4,7,14-15H2,1H3,(H,29,30)(H,33,34). The molecule has 3 aromatic carbocycles. The highest BCUT2D eigenvalue weighted by atomic mass is 16.8. The molecule has 0 aliphatic carbocycles. The molecule has 1 fully saturated rings. The second-order valence-corrected chi connectivity index (χ2v) is 9.26. The van der Waals surface area contributed by atoms with Gasteiger partial charge in [0, 0.05) is 18.7 Å². The van der Waals surface area contributed by atoms with Gasteiger partial charge in [-0.3, -0.25) is 4.79 Å². The molecule has 10 nitrogen and oxygen atoms in total. The number of carboxylic acids is 1. The molecule has 0 saturated carbocycles. The van der Waals surface area contributed by atoms with Crippen molar-refractivity contribution in [2.24, 2.45) is 0 Å². The van der Waals surface area contributed by atoms with E-state index in [0.717, 1.165) is 11.3 Å². The van der Waals surface area contributed by atoms with E-state index < -0.39 is 18.1 Å². The van der Waals surface area contributed by atoms with Crippen molar-refractivity contribution < 1.29 is 34.1 Å². The molecule has 1 aliphatic rings. The van der Waals surface area contributed by atoms with E-state index in [9.17, 15) is 19.8 Å². The van der Waals surface area contributed by atoms with Gasteiger partial charge in [0.15, 0.2) is 11.4 Å². The van der Waals surface area contributed by atoms with Crippen LogP contribution >= 0.6 is 0 Å². The lowest BCUT2D eigenvalue weighted by Gasteiger charge is -2.34. The summed E-state index contributed by atoms with van der Waals surface area (Å²) in [5.74, 6) is -1.25. The van der Waals surface area contributed by atoms with Crippen molar-refractivity contribution >= 4 is 34.6 Å². The SMILES string of the molecule is Cc1ccccc1Nc1nc2ccc(CC(=O)C3CCCN3C(O)(O)Oc3ccc(C(=O)O)cc3)cc2o1. The van der Waals surface area contributed by atoms with Crippen molar-refractivity contribution in [2.75, 3.05) is 11.9 Å². The van der Waals surface area contributed by atoms with Crippen molar-refractivity contribution in [3.63, 3.8) is 0 Å². The number of carbonyl (C=O) groups is 2. The smallest absolute Gasteiger partial charge is 0.395 e. The average molecular weight is 518 g/mol. The quantitative estimate of drug-likeness (QED) is 0.242. The van der Waals surface area contributed by atoms with Crippen LogP contribution in [0.1, 0.15) is 34.3 Å². The van der Waals surface area contributed by atoms with E-state index in [1.54, 1.807) is 18.2 Å². The van der Waals surface area contributed by atoms with Crippen LogP contribution in [0.5, 0.6) is 5.75 Å². The van der Waals surface area contributed by atoms with Crippen molar-refractivity contribution in [2.45, 2.75) is 38.3 Å². The summed E-state index contributed by atoms with van der Waals surface area (Å²) in [6, 6.07) is 17.9. The number of aromatic nitrogens is 1. The first-order chi connectivity index (χ1) is 18.2. The van der Waals surface area contributed by atoms with Gasteiger partial charge in [0.25, 0.3) is 6.01 Å². The number of aryl methyl sites for hydroxylation is 1. The first-order valence-corrected chi connectivity index (χ1v) is 12.2. The van der Waals surface area contributed by atoms with E-state index in [2.05, 4.69) is 10.3 Å². The molecule has 4 N–H and O–H groups in total. The van der Waals surface area contributed by atoms with Crippen molar-refractivity contribution in [1.29, 1.82) is 0 Å². The van der Waals surface area contributed by atoms with Gasteiger partial charge in [-0.2, -0.15) is 4.98 Å². The minimum atomic E-state index is -2.74. The fourth-order valence-electron chi connectivity index (χ4n) is 4.61. The van der Waals surface area contributed by atoms with Crippen LogP contribution in [0.4, 0.5) is 11.7 Å². The van der Waals surface area contributed by atoms with Gasteiger partial charge >= 0.3 is 12.1 Å². The lowest BCUT2D eigenvalue weighted by molar-refractivity contribution is -0.376. The van der Waals surface area contributed by atoms with Gasteiger partial charge < -0.3 is 29.8 Å². The summed E-state index contributed by atoms with van der Waals surface area (Å²) in [6.07, 6.45) is -1.66. The molecule has 1 aliphatic heterocycles. The zero-order valence-electron chi connectivity index (χ0n) is 20.6. The van der Waals surface area contributed by atoms with E-state index >= 15 is 0 Å². The highest BCUT2D eigenvalue weighted by Crippen LogP contribution is 2.29. The van der Waals surface area contributed by atoms with Crippen molar-refractivity contribution in [3.8, 4) is 5.75 Å². The average Bonchev–Trinajstić information content (AvgIpc) is 3.53. The molecular weight excluding hydrogens is 490 g/mol. The lowest BCUT2D eigenvalue weighted by Crippen LogP contribution is -2.57. The number of oxazole rings is 1. The van der Waals surface area contributed by atoms with Crippen LogP contribution in [0.2, 0.25) is 0 Å². The zero-order valence-corrected chi connectivity index (χ0v) is 20.6. The Morgan fingerprint density at radius 2 is 1.89 bits per heavy atom. The van der Waals surface area contributed by atoms with E-state index in [-0.39, 0.29) is 30.1 Å². The molecule has 1 atom stereocenters. The number of nitrogens with zero attached hydrogens (tertiary/aromatic N) is 2. The molecule has 196 valence electrons. The maximum absolute atomic E-state index is 13.2. The maximum Gasteiger partial charge on any atom is 0.395 e. The van der Waals surface area contributed by atoms with Gasteiger partial charge in [-0.15, -0.1) is 0 Å². The maximum atomic E-state index is 13.2. The number of anilines is 2. The first kappa shape index (κ1) is 25.4. The van der Waals surface area contributed by atoms with Crippen LogP contribution in [0.25, 0.3) is 11.1 Å². The number of carbonyl (C=O) groups excluding carboxylic acids is 1. The second kappa shape index (κ2) is 10.3. The zero-order chi connectivity index (χ0) is 26.9. The molecule has 1 aromatic heterocycles. The monoisotopic (exact) mass is 517 g/mol. The van der Waals surface area contributed by atoms with Crippen LogP contribution < -0.4 is 10.1 Å². The molecule has 10 heteroatoms. The first-order valence-electron chi connectivity index (χ1n) is 12.2. The molecule has 38 heavy (non-hydrogen) atoms.